The zero-order chi connectivity index (χ0) is 12.8. The minimum absolute atomic E-state index is 0.604. The molecule has 0 bridgehead atoms. The van der Waals surface area contributed by atoms with Crippen molar-refractivity contribution in [1.82, 2.24) is 0 Å². The Morgan fingerprint density at radius 3 is 1.47 bits per heavy atom. The molecular formula is C17H34. The summed E-state index contributed by atoms with van der Waals surface area (Å²) in [6.45, 7) is 9.83. The lowest BCUT2D eigenvalue weighted by atomic mass is 9.75. The fraction of sp³-hybridized carbons (Fsp3) is 1.00. The van der Waals surface area contributed by atoms with E-state index in [-0.39, 0.29) is 0 Å². The van der Waals surface area contributed by atoms with E-state index in [0.717, 1.165) is 0 Å². The molecule has 0 unspecified atom stereocenters. The third-order valence-corrected chi connectivity index (χ3v) is 5.12. The van der Waals surface area contributed by atoms with Crippen LogP contribution in [0.15, 0.2) is 0 Å². The molecule has 1 aliphatic rings. The zero-order valence-electron chi connectivity index (χ0n) is 12.8. The van der Waals surface area contributed by atoms with Gasteiger partial charge in [0.2, 0.25) is 0 Å². The summed E-state index contributed by atoms with van der Waals surface area (Å²) < 4.78 is 0. The van der Waals surface area contributed by atoms with Gasteiger partial charge < -0.3 is 0 Å². The topological polar surface area (TPSA) is 0 Å². The maximum absolute atomic E-state index is 2.52. The third kappa shape index (κ3) is 5.93. The van der Waals surface area contributed by atoms with Crippen molar-refractivity contribution in [3.05, 3.63) is 0 Å². The molecule has 0 heteroatoms. The Morgan fingerprint density at radius 1 is 0.647 bits per heavy atom. The molecule has 1 rings (SSSR count). The Morgan fingerprint density at radius 2 is 1.06 bits per heavy atom. The second-order valence-corrected chi connectivity index (χ2v) is 7.45. The highest BCUT2D eigenvalue weighted by Crippen LogP contribution is 2.37. The van der Waals surface area contributed by atoms with Gasteiger partial charge in [-0.15, -0.1) is 0 Å². The minimum atomic E-state index is 0.604. The predicted octanol–water partition coefficient (Wildman–Crippen LogP) is 6.34. The SMILES string of the molecule is CCC1(C)CCCCCC(C)(C)CCCCC1. The van der Waals surface area contributed by atoms with Gasteiger partial charge in [0.15, 0.2) is 0 Å². The van der Waals surface area contributed by atoms with E-state index in [1.807, 2.05) is 0 Å². The molecule has 0 atom stereocenters. The van der Waals surface area contributed by atoms with E-state index in [1.165, 1.54) is 70.6 Å². The first kappa shape index (κ1) is 15.1. The number of rotatable bonds is 1. The van der Waals surface area contributed by atoms with Gasteiger partial charge in [0.25, 0.3) is 0 Å². The van der Waals surface area contributed by atoms with Gasteiger partial charge in [0.1, 0.15) is 0 Å². The van der Waals surface area contributed by atoms with E-state index in [4.69, 9.17) is 0 Å². The lowest BCUT2D eigenvalue weighted by Gasteiger charge is -2.30. The smallest absolute Gasteiger partial charge is 0.0328 e. The maximum Gasteiger partial charge on any atom is -0.0328 e. The molecule has 0 radical (unpaired) electrons. The van der Waals surface area contributed by atoms with Crippen molar-refractivity contribution in [1.29, 1.82) is 0 Å². The Hall–Kier alpha value is 0. The molecule has 0 amide bonds. The van der Waals surface area contributed by atoms with Crippen molar-refractivity contribution in [3.63, 3.8) is 0 Å². The van der Waals surface area contributed by atoms with Crippen molar-refractivity contribution < 1.29 is 0 Å². The molecule has 102 valence electrons. The van der Waals surface area contributed by atoms with Crippen LogP contribution in [0.2, 0.25) is 0 Å². The van der Waals surface area contributed by atoms with Crippen LogP contribution in [0.1, 0.15) is 98.3 Å². The highest BCUT2D eigenvalue weighted by atomic mass is 14.3. The van der Waals surface area contributed by atoms with E-state index < -0.39 is 0 Å². The Bertz CT molecular complexity index is 186. The van der Waals surface area contributed by atoms with Crippen LogP contribution in [-0.2, 0) is 0 Å². The zero-order valence-corrected chi connectivity index (χ0v) is 12.8. The minimum Gasteiger partial charge on any atom is -0.0649 e. The van der Waals surface area contributed by atoms with Crippen LogP contribution in [-0.4, -0.2) is 0 Å². The van der Waals surface area contributed by atoms with E-state index in [1.54, 1.807) is 0 Å². The van der Waals surface area contributed by atoms with Crippen molar-refractivity contribution in [2.75, 3.05) is 0 Å². The summed E-state index contributed by atoms with van der Waals surface area (Å²) in [5, 5.41) is 0. The first-order chi connectivity index (χ1) is 7.97. The van der Waals surface area contributed by atoms with Gasteiger partial charge in [-0.1, -0.05) is 72.6 Å². The van der Waals surface area contributed by atoms with Crippen LogP contribution in [0, 0.1) is 10.8 Å². The molecule has 0 spiro atoms. The molecule has 0 aromatic heterocycles. The Labute approximate surface area is 110 Å². The van der Waals surface area contributed by atoms with Crippen LogP contribution in [0.5, 0.6) is 0 Å². The summed E-state index contributed by atoms with van der Waals surface area (Å²) >= 11 is 0. The molecule has 0 aromatic carbocycles. The normalized spacial score (nSPS) is 26.8. The fourth-order valence-electron chi connectivity index (χ4n) is 3.27. The molecule has 17 heavy (non-hydrogen) atoms. The maximum atomic E-state index is 2.52. The van der Waals surface area contributed by atoms with Crippen LogP contribution in [0.4, 0.5) is 0 Å². The molecule has 1 fully saturated rings. The average Bonchev–Trinajstić information content (AvgIpc) is 2.26. The fourth-order valence-corrected chi connectivity index (χ4v) is 3.27. The summed E-state index contributed by atoms with van der Waals surface area (Å²) in [5.74, 6) is 0. The largest absolute Gasteiger partial charge is 0.0649 e. The molecule has 0 saturated heterocycles. The summed E-state index contributed by atoms with van der Waals surface area (Å²) in [6.07, 6.45) is 15.9. The second kappa shape index (κ2) is 6.81. The molecule has 0 nitrogen and oxygen atoms in total. The van der Waals surface area contributed by atoms with E-state index in [2.05, 4.69) is 27.7 Å². The van der Waals surface area contributed by atoms with E-state index in [9.17, 15) is 0 Å². The van der Waals surface area contributed by atoms with Gasteiger partial charge in [-0.05, 0) is 36.5 Å². The van der Waals surface area contributed by atoms with Crippen LogP contribution >= 0.6 is 0 Å². The van der Waals surface area contributed by atoms with Gasteiger partial charge in [0.05, 0.1) is 0 Å². The second-order valence-electron chi connectivity index (χ2n) is 7.45. The summed E-state index contributed by atoms with van der Waals surface area (Å²) in [7, 11) is 0. The summed E-state index contributed by atoms with van der Waals surface area (Å²) in [6, 6.07) is 0. The summed E-state index contributed by atoms with van der Waals surface area (Å²) in [4.78, 5) is 0. The quantitative estimate of drug-likeness (QED) is 0.500. The lowest BCUT2D eigenvalue weighted by molar-refractivity contribution is 0.221. The summed E-state index contributed by atoms with van der Waals surface area (Å²) in [5.41, 5.74) is 1.25. The monoisotopic (exact) mass is 238 g/mol. The van der Waals surface area contributed by atoms with E-state index in [0.29, 0.717) is 10.8 Å². The van der Waals surface area contributed by atoms with Crippen LogP contribution in [0.3, 0.4) is 0 Å². The van der Waals surface area contributed by atoms with Gasteiger partial charge in [0, 0.05) is 0 Å². The molecule has 0 heterocycles. The van der Waals surface area contributed by atoms with E-state index >= 15 is 0 Å². The molecule has 0 aromatic rings. The van der Waals surface area contributed by atoms with Gasteiger partial charge in [-0.2, -0.15) is 0 Å². The van der Waals surface area contributed by atoms with Crippen LogP contribution < -0.4 is 0 Å². The molecule has 0 N–H and O–H groups in total. The Kier molecular flexibility index (Phi) is 6.03. The molecule has 1 aliphatic carbocycles. The number of hydrogen-bond acceptors (Lipinski definition) is 0. The molecule has 1 saturated carbocycles. The molecular weight excluding hydrogens is 204 g/mol. The van der Waals surface area contributed by atoms with Crippen LogP contribution in [0.25, 0.3) is 0 Å². The first-order valence-electron chi connectivity index (χ1n) is 7.97. The standard InChI is InChI=1S/C17H34/c1-5-17(4)14-10-6-8-12-16(2,3)13-9-7-11-15-17/h5-15H2,1-4H3. The highest BCUT2D eigenvalue weighted by Gasteiger charge is 2.22. The average molecular weight is 238 g/mol. The van der Waals surface area contributed by atoms with Crippen molar-refractivity contribution in [2.24, 2.45) is 10.8 Å². The Balaban J connectivity index is 2.44. The number of hydrogen-bond donors (Lipinski definition) is 0. The van der Waals surface area contributed by atoms with Crippen molar-refractivity contribution in [2.45, 2.75) is 98.3 Å². The van der Waals surface area contributed by atoms with Gasteiger partial charge in [-0.3, -0.25) is 0 Å². The van der Waals surface area contributed by atoms with Crippen molar-refractivity contribution in [3.8, 4) is 0 Å². The van der Waals surface area contributed by atoms with Gasteiger partial charge in [-0.25, -0.2) is 0 Å². The highest BCUT2D eigenvalue weighted by molar-refractivity contribution is 4.75. The first-order valence-corrected chi connectivity index (χ1v) is 7.97. The van der Waals surface area contributed by atoms with Gasteiger partial charge >= 0.3 is 0 Å². The van der Waals surface area contributed by atoms with Crippen molar-refractivity contribution >= 4 is 0 Å². The molecule has 0 aliphatic heterocycles. The third-order valence-electron chi connectivity index (χ3n) is 5.12. The lowest BCUT2D eigenvalue weighted by Crippen LogP contribution is -2.16. The predicted molar refractivity (Wildman–Crippen MR) is 78.3 cm³/mol.